The molecule has 1 heterocycles. The lowest BCUT2D eigenvalue weighted by Crippen LogP contribution is -2.34. The Hall–Kier alpha value is -2.26. The average molecular weight is 497 g/mol. The summed E-state index contributed by atoms with van der Waals surface area (Å²) in [5.74, 6) is 1.07. The third-order valence-corrected chi connectivity index (χ3v) is 7.09. The highest BCUT2D eigenvalue weighted by molar-refractivity contribution is 9.10. The first kappa shape index (κ1) is 22.4. The van der Waals surface area contributed by atoms with Crippen molar-refractivity contribution in [3.8, 4) is 11.5 Å². The Balaban J connectivity index is 1.68. The lowest BCUT2D eigenvalue weighted by Gasteiger charge is -2.21. The molecule has 0 saturated carbocycles. The van der Waals surface area contributed by atoms with E-state index in [1.165, 1.54) is 10.6 Å². The predicted octanol–water partition coefficient (Wildman–Crippen LogP) is 3.15. The number of halogens is 1. The number of ether oxygens (including phenoxy) is 2. The van der Waals surface area contributed by atoms with Gasteiger partial charge in [0.25, 0.3) is 5.91 Å². The molecule has 2 aromatic carbocycles. The average Bonchev–Trinajstić information content (AvgIpc) is 3.03. The topological polar surface area (TPSA) is 84.9 Å². The van der Waals surface area contributed by atoms with E-state index in [4.69, 9.17) is 9.47 Å². The number of rotatable bonds is 7. The van der Waals surface area contributed by atoms with Crippen LogP contribution in [0.2, 0.25) is 0 Å². The summed E-state index contributed by atoms with van der Waals surface area (Å²) in [5.41, 5.74) is 3.02. The zero-order valence-corrected chi connectivity index (χ0v) is 19.8. The van der Waals surface area contributed by atoms with E-state index in [-0.39, 0.29) is 11.9 Å². The van der Waals surface area contributed by atoms with E-state index >= 15 is 0 Å². The standard InChI is InChI=1S/C21H25BrN2O5S/c1-13-9-16-10-15(5-6-18(16)24(13)30(4,26)27)21(25)23-8-7-14-11-19(28-2)20(29-3)12-17(14)22/h5-6,10-13H,7-9H2,1-4H3,(H,23,25). The van der Waals surface area contributed by atoms with Crippen LogP contribution in [-0.4, -0.2) is 47.4 Å². The molecule has 0 aliphatic carbocycles. The molecule has 0 aromatic heterocycles. The smallest absolute Gasteiger partial charge is 0.251 e. The molecule has 1 unspecified atom stereocenters. The number of carbonyl (C=O) groups is 1. The monoisotopic (exact) mass is 496 g/mol. The fourth-order valence-corrected chi connectivity index (χ4v) is 5.53. The Kier molecular flexibility index (Phi) is 6.62. The van der Waals surface area contributed by atoms with Gasteiger partial charge in [0.05, 0.1) is 26.2 Å². The summed E-state index contributed by atoms with van der Waals surface area (Å²) in [5, 5.41) is 2.92. The van der Waals surface area contributed by atoms with Gasteiger partial charge in [-0.05, 0) is 61.2 Å². The van der Waals surface area contributed by atoms with Crippen LogP contribution in [0.1, 0.15) is 28.4 Å². The first-order valence-electron chi connectivity index (χ1n) is 9.46. The summed E-state index contributed by atoms with van der Waals surface area (Å²) in [4.78, 5) is 12.6. The Morgan fingerprint density at radius 3 is 2.50 bits per heavy atom. The van der Waals surface area contributed by atoms with E-state index in [2.05, 4.69) is 21.2 Å². The Bertz CT molecular complexity index is 1070. The highest BCUT2D eigenvalue weighted by Crippen LogP contribution is 2.35. The highest BCUT2D eigenvalue weighted by atomic mass is 79.9. The molecular weight excluding hydrogens is 472 g/mol. The highest BCUT2D eigenvalue weighted by Gasteiger charge is 2.32. The molecule has 0 saturated heterocycles. The minimum atomic E-state index is -3.35. The zero-order valence-electron chi connectivity index (χ0n) is 17.4. The third-order valence-electron chi connectivity index (χ3n) is 5.08. The van der Waals surface area contributed by atoms with Crippen molar-refractivity contribution in [1.29, 1.82) is 0 Å². The van der Waals surface area contributed by atoms with Gasteiger partial charge in [0, 0.05) is 22.6 Å². The molecule has 0 radical (unpaired) electrons. The number of benzene rings is 2. The van der Waals surface area contributed by atoms with Crippen LogP contribution in [0, 0.1) is 0 Å². The Morgan fingerprint density at radius 1 is 1.20 bits per heavy atom. The van der Waals surface area contributed by atoms with Crippen LogP contribution in [0.25, 0.3) is 0 Å². The molecule has 0 spiro atoms. The van der Waals surface area contributed by atoms with E-state index in [9.17, 15) is 13.2 Å². The molecule has 162 valence electrons. The zero-order chi connectivity index (χ0) is 22.1. The first-order valence-corrected chi connectivity index (χ1v) is 12.1. The van der Waals surface area contributed by atoms with Crippen molar-refractivity contribution in [1.82, 2.24) is 5.32 Å². The summed E-state index contributed by atoms with van der Waals surface area (Å²) in [6.07, 6.45) is 2.39. The lowest BCUT2D eigenvalue weighted by atomic mass is 10.1. The van der Waals surface area contributed by atoms with Crippen LogP contribution in [0.5, 0.6) is 11.5 Å². The third kappa shape index (κ3) is 4.57. The van der Waals surface area contributed by atoms with Crippen LogP contribution in [0.15, 0.2) is 34.8 Å². The number of hydrogen-bond acceptors (Lipinski definition) is 5. The second-order valence-electron chi connectivity index (χ2n) is 7.26. The molecule has 1 aliphatic rings. The van der Waals surface area contributed by atoms with Crippen molar-refractivity contribution in [2.45, 2.75) is 25.8 Å². The van der Waals surface area contributed by atoms with Gasteiger partial charge in [0.1, 0.15) is 0 Å². The van der Waals surface area contributed by atoms with E-state index in [1.54, 1.807) is 32.4 Å². The maximum Gasteiger partial charge on any atom is 0.251 e. The van der Waals surface area contributed by atoms with Gasteiger partial charge in [-0.25, -0.2) is 8.42 Å². The van der Waals surface area contributed by atoms with E-state index in [1.807, 2.05) is 19.1 Å². The summed E-state index contributed by atoms with van der Waals surface area (Å²) >= 11 is 3.52. The van der Waals surface area contributed by atoms with Crippen molar-refractivity contribution < 1.29 is 22.7 Å². The molecule has 1 aliphatic heterocycles. The van der Waals surface area contributed by atoms with Crippen LogP contribution < -0.4 is 19.1 Å². The maximum atomic E-state index is 12.6. The van der Waals surface area contributed by atoms with Crippen LogP contribution in [-0.2, 0) is 22.9 Å². The maximum absolute atomic E-state index is 12.6. The number of methoxy groups -OCH3 is 2. The van der Waals surface area contributed by atoms with Crippen molar-refractivity contribution in [2.24, 2.45) is 0 Å². The van der Waals surface area contributed by atoms with Crippen molar-refractivity contribution in [2.75, 3.05) is 31.3 Å². The van der Waals surface area contributed by atoms with Crippen molar-refractivity contribution in [3.63, 3.8) is 0 Å². The Morgan fingerprint density at radius 2 is 1.87 bits per heavy atom. The first-order chi connectivity index (χ1) is 14.2. The van der Waals surface area contributed by atoms with Gasteiger partial charge in [-0.15, -0.1) is 0 Å². The molecule has 2 aromatic rings. The molecule has 9 heteroatoms. The number of fused-ring (bicyclic) bond motifs is 1. The van der Waals surface area contributed by atoms with Gasteiger partial charge < -0.3 is 14.8 Å². The lowest BCUT2D eigenvalue weighted by molar-refractivity contribution is 0.0954. The Labute approximate surface area is 185 Å². The second kappa shape index (κ2) is 8.85. The van der Waals surface area contributed by atoms with E-state index in [0.717, 1.165) is 15.6 Å². The van der Waals surface area contributed by atoms with Gasteiger partial charge in [-0.3, -0.25) is 9.10 Å². The number of amides is 1. The number of anilines is 1. The molecule has 30 heavy (non-hydrogen) atoms. The summed E-state index contributed by atoms with van der Waals surface area (Å²) in [6.45, 7) is 2.30. The van der Waals surface area contributed by atoms with Crippen LogP contribution >= 0.6 is 15.9 Å². The van der Waals surface area contributed by atoms with E-state index < -0.39 is 10.0 Å². The van der Waals surface area contributed by atoms with Gasteiger partial charge in [0.2, 0.25) is 10.0 Å². The van der Waals surface area contributed by atoms with Crippen molar-refractivity contribution >= 4 is 37.5 Å². The molecule has 1 amide bonds. The fourth-order valence-electron chi connectivity index (χ4n) is 3.75. The normalized spacial score (nSPS) is 15.6. The van der Waals surface area contributed by atoms with Crippen molar-refractivity contribution in [3.05, 3.63) is 51.5 Å². The predicted molar refractivity (Wildman–Crippen MR) is 120 cm³/mol. The molecule has 3 rings (SSSR count). The number of carbonyl (C=O) groups excluding carboxylic acids is 1. The number of sulfonamides is 1. The van der Waals surface area contributed by atoms with Crippen LogP contribution in [0.4, 0.5) is 5.69 Å². The van der Waals surface area contributed by atoms with Gasteiger partial charge in [-0.1, -0.05) is 15.9 Å². The largest absolute Gasteiger partial charge is 0.493 e. The van der Waals surface area contributed by atoms with Gasteiger partial charge in [-0.2, -0.15) is 0 Å². The second-order valence-corrected chi connectivity index (χ2v) is 9.97. The number of nitrogens with one attached hydrogen (secondary N) is 1. The summed E-state index contributed by atoms with van der Waals surface area (Å²) < 4.78 is 37.0. The molecule has 0 fully saturated rings. The number of hydrogen-bond donors (Lipinski definition) is 1. The minimum Gasteiger partial charge on any atom is -0.493 e. The van der Waals surface area contributed by atoms with Crippen LogP contribution in [0.3, 0.4) is 0 Å². The molecule has 0 bridgehead atoms. The molecular formula is C21H25BrN2O5S. The summed E-state index contributed by atoms with van der Waals surface area (Å²) in [6, 6.07) is 8.71. The fraction of sp³-hybridized carbons (Fsp3) is 0.381. The minimum absolute atomic E-state index is 0.157. The molecule has 1 atom stereocenters. The summed E-state index contributed by atoms with van der Waals surface area (Å²) in [7, 11) is -0.188. The molecule has 1 N–H and O–H groups in total. The molecule has 7 nitrogen and oxygen atoms in total. The number of nitrogens with zero attached hydrogens (tertiary/aromatic N) is 1. The van der Waals surface area contributed by atoms with E-state index in [0.29, 0.717) is 42.1 Å². The SMILES string of the molecule is COc1cc(Br)c(CCNC(=O)c2ccc3c(c2)CC(C)N3S(C)(=O)=O)cc1OC. The van der Waals surface area contributed by atoms with Gasteiger partial charge >= 0.3 is 0 Å². The van der Waals surface area contributed by atoms with Gasteiger partial charge in [0.15, 0.2) is 11.5 Å². The quantitative estimate of drug-likeness (QED) is 0.636.